The fourth-order valence-corrected chi connectivity index (χ4v) is 3.22. The number of anilines is 2. The van der Waals surface area contributed by atoms with Crippen LogP contribution in [0.25, 0.3) is 5.65 Å². The molecule has 4 aromatic rings. The van der Waals surface area contributed by atoms with E-state index in [9.17, 15) is 4.79 Å². The number of hydrogen-bond donors (Lipinski definition) is 1. The Labute approximate surface area is 172 Å². The zero-order valence-corrected chi connectivity index (χ0v) is 16.2. The van der Waals surface area contributed by atoms with Gasteiger partial charge in [-0.15, -0.1) is 0 Å². The summed E-state index contributed by atoms with van der Waals surface area (Å²) in [5.74, 6) is 0. The van der Waals surface area contributed by atoms with E-state index >= 15 is 0 Å². The average molecular weight is 411 g/mol. The number of halogens is 2. The predicted molar refractivity (Wildman–Crippen MR) is 113 cm³/mol. The second-order valence-electron chi connectivity index (χ2n) is 6.16. The maximum atomic E-state index is 13.1. The summed E-state index contributed by atoms with van der Waals surface area (Å²) in [5, 5.41) is 3.70. The van der Waals surface area contributed by atoms with Crippen LogP contribution in [0.2, 0.25) is 10.0 Å². The van der Waals surface area contributed by atoms with Gasteiger partial charge in [-0.1, -0.05) is 47.5 Å². The van der Waals surface area contributed by atoms with Crippen molar-refractivity contribution < 1.29 is 4.79 Å². The van der Waals surface area contributed by atoms with Gasteiger partial charge in [-0.3, -0.25) is 4.90 Å². The Morgan fingerprint density at radius 3 is 2.57 bits per heavy atom. The lowest BCUT2D eigenvalue weighted by Crippen LogP contribution is -2.34. The third-order valence-electron chi connectivity index (χ3n) is 4.30. The molecule has 5 nitrogen and oxygen atoms in total. The highest BCUT2D eigenvalue weighted by atomic mass is 35.5. The van der Waals surface area contributed by atoms with Gasteiger partial charge in [-0.05, 0) is 42.5 Å². The van der Waals surface area contributed by atoms with Crippen LogP contribution in [0.3, 0.4) is 0 Å². The molecule has 0 unspecified atom stereocenters. The number of aromatic nitrogens is 2. The minimum atomic E-state index is -0.282. The van der Waals surface area contributed by atoms with E-state index in [0.29, 0.717) is 22.3 Å². The second-order valence-corrected chi connectivity index (χ2v) is 6.97. The lowest BCUT2D eigenvalue weighted by molar-refractivity contribution is 0.256. The second kappa shape index (κ2) is 7.92. The van der Waals surface area contributed by atoms with Crippen LogP contribution in [0.1, 0.15) is 5.69 Å². The molecule has 2 aromatic carbocycles. The largest absolute Gasteiger partial charge is 0.326 e. The molecular formula is C21H16Cl2N4O. The number of carbonyl (C=O) groups is 1. The van der Waals surface area contributed by atoms with Crippen LogP contribution in [0.4, 0.5) is 16.2 Å². The highest BCUT2D eigenvalue weighted by Crippen LogP contribution is 2.26. The Kier molecular flexibility index (Phi) is 5.19. The fourth-order valence-electron chi connectivity index (χ4n) is 2.92. The molecule has 0 fully saturated rings. The van der Waals surface area contributed by atoms with Gasteiger partial charge in [0.15, 0.2) is 0 Å². The van der Waals surface area contributed by atoms with Crippen molar-refractivity contribution in [2.45, 2.75) is 6.54 Å². The van der Waals surface area contributed by atoms with Gasteiger partial charge in [-0.25, -0.2) is 9.78 Å². The molecule has 0 aliphatic heterocycles. The molecule has 0 spiro atoms. The molecule has 28 heavy (non-hydrogen) atoms. The molecule has 0 aliphatic rings. The third kappa shape index (κ3) is 3.81. The number of fused-ring (bicyclic) bond motifs is 1. The van der Waals surface area contributed by atoms with Crippen molar-refractivity contribution in [3.63, 3.8) is 0 Å². The normalized spacial score (nSPS) is 10.8. The number of nitrogens with zero attached hydrogens (tertiary/aromatic N) is 3. The Morgan fingerprint density at radius 2 is 1.79 bits per heavy atom. The molecule has 0 saturated heterocycles. The molecule has 2 aromatic heterocycles. The van der Waals surface area contributed by atoms with E-state index in [1.165, 1.54) is 0 Å². The molecule has 0 radical (unpaired) electrons. The summed E-state index contributed by atoms with van der Waals surface area (Å²) in [4.78, 5) is 19.1. The van der Waals surface area contributed by atoms with Gasteiger partial charge in [0.25, 0.3) is 0 Å². The van der Waals surface area contributed by atoms with Gasteiger partial charge in [0, 0.05) is 17.6 Å². The summed E-state index contributed by atoms with van der Waals surface area (Å²) in [6.07, 6.45) is 3.70. The molecule has 0 saturated carbocycles. The molecule has 140 valence electrons. The Bertz CT molecular complexity index is 1130. The number of pyridine rings is 1. The molecule has 7 heteroatoms. The minimum Gasteiger partial charge on any atom is -0.307 e. The van der Waals surface area contributed by atoms with Crippen LogP contribution in [-0.4, -0.2) is 15.4 Å². The SMILES string of the molecule is O=C(Nc1ccc(Cl)c(Cl)c1)N(Cc1cnc2ccccn12)c1ccccc1. The molecule has 2 heterocycles. The zero-order valence-electron chi connectivity index (χ0n) is 14.7. The van der Waals surface area contributed by atoms with Gasteiger partial charge in [0.1, 0.15) is 5.65 Å². The van der Waals surface area contributed by atoms with E-state index in [4.69, 9.17) is 23.2 Å². The number of rotatable bonds is 4. The molecular weight excluding hydrogens is 395 g/mol. The fraction of sp³-hybridized carbons (Fsp3) is 0.0476. The first kappa shape index (κ1) is 18.3. The van der Waals surface area contributed by atoms with Crippen LogP contribution in [0, 0.1) is 0 Å². The number of nitrogens with one attached hydrogen (secondary N) is 1. The van der Waals surface area contributed by atoms with Crippen molar-refractivity contribution in [3.05, 3.63) is 94.9 Å². The molecule has 0 aliphatic carbocycles. The monoisotopic (exact) mass is 410 g/mol. The lowest BCUT2D eigenvalue weighted by Gasteiger charge is -2.23. The van der Waals surface area contributed by atoms with Crippen LogP contribution < -0.4 is 10.2 Å². The summed E-state index contributed by atoms with van der Waals surface area (Å²) in [6, 6.07) is 20.0. The smallest absolute Gasteiger partial charge is 0.307 e. The first-order valence-electron chi connectivity index (χ1n) is 8.61. The molecule has 2 amide bonds. The molecule has 0 atom stereocenters. The number of urea groups is 1. The summed E-state index contributed by atoms with van der Waals surface area (Å²) >= 11 is 12.0. The van der Waals surface area contributed by atoms with Gasteiger partial charge >= 0.3 is 6.03 Å². The van der Waals surface area contributed by atoms with E-state index in [2.05, 4.69) is 10.3 Å². The maximum Gasteiger partial charge on any atom is 0.326 e. The number of benzene rings is 2. The average Bonchev–Trinajstić information content (AvgIpc) is 3.12. The highest BCUT2D eigenvalue weighted by molar-refractivity contribution is 6.42. The highest BCUT2D eigenvalue weighted by Gasteiger charge is 2.18. The van der Waals surface area contributed by atoms with Gasteiger partial charge < -0.3 is 9.72 Å². The quantitative estimate of drug-likeness (QED) is 0.456. The van der Waals surface area contributed by atoms with E-state index < -0.39 is 0 Å². The topological polar surface area (TPSA) is 49.6 Å². The van der Waals surface area contributed by atoms with Crippen molar-refractivity contribution in [1.82, 2.24) is 9.38 Å². The maximum absolute atomic E-state index is 13.1. The zero-order chi connectivity index (χ0) is 19.5. The van der Waals surface area contributed by atoms with Crippen LogP contribution in [-0.2, 0) is 6.54 Å². The first-order chi connectivity index (χ1) is 13.6. The number of para-hydroxylation sites is 1. The van der Waals surface area contributed by atoms with Crippen molar-refractivity contribution in [2.24, 2.45) is 0 Å². The van der Waals surface area contributed by atoms with Crippen LogP contribution in [0.5, 0.6) is 0 Å². The number of hydrogen-bond acceptors (Lipinski definition) is 2. The Morgan fingerprint density at radius 1 is 1.00 bits per heavy atom. The van der Waals surface area contributed by atoms with E-state index in [-0.39, 0.29) is 6.03 Å². The van der Waals surface area contributed by atoms with Crippen LogP contribution >= 0.6 is 23.2 Å². The predicted octanol–water partition coefficient (Wildman–Crippen LogP) is 5.88. The summed E-state index contributed by atoms with van der Waals surface area (Å²) < 4.78 is 1.96. The van der Waals surface area contributed by atoms with Crippen molar-refractivity contribution >= 4 is 46.3 Å². The van der Waals surface area contributed by atoms with E-state index in [0.717, 1.165) is 17.0 Å². The number of imidazole rings is 1. The van der Waals surface area contributed by atoms with Crippen LogP contribution in [0.15, 0.2) is 79.1 Å². The summed E-state index contributed by atoms with van der Waals surface area (Å²) in [7, 11) is 0. The molecule has 1 N–H and O–H groups in total. The summed E-state index contributed by atoms with van der Waals surface area (Å²) in [5.41, 5.74) is 3.06. The molecule has 4 rings (SSSR count). The van der Waals surface area contributed by atoms with Gasteiger partial charge in [0.05, 0.1) is 28.5 Å². The van der Waals surface area contributed by atoms with Gasteiger partial charge in [-0.2, -0.15) is 0 Å². The Balaban J connectivity index is 1.65. The van der Waals surface area contributed by atoms with Crippen molar-refractivity contribution in [1.29, 1.82) is 0 Å². The number of amides is 2. The third-order valence-corrected chi connectivity index (χ3v) is 5.04. The van der Waals surface area contributed by atoms with Crippen molar-refractivity contribution in [3.8, 4) is 0 Å². The van der Waals surface area contributed by atoms with E-state index in [1.54, 1.807) is 29.3 Å². The summed E-state index contributed by atoms with van der Waals surface area (Å²) in [6.45, 7) is 0.350. The minimum absolute atomic E-state index is 0.282. The molecule has 0 bridgehead atoms. The lowest BCUT2D eigenvalue weighted by atomic mass is 10.2. The van der Waals surface area contributed by atoms with Crippen molar-refractivity contribution in [2.75, 3.05) is 10.2 Å². The van der Waals surface area contributed by atoms with E-state index in [1.807, 2.05) is 59.1 Å². The van der Waals surface area contributed by atoms with Gasteiger partial charge in [0.2, 0.25) is 0 Å². The number of carbonyl (C=O) groups excluding carboxylic acids is 1. The standard InChI is InChI=1S/C21H16Cl2N4O/c22-18-10-9-15(12-19(18)23)25-21(28)27(16-6-2-1-3-7-16)14-17-13-24-20-8-4-5-11-26(17)20/h1-13H,14H2,(H,25,28). The Hall–Kier alpha value is -3.02. The first-order valence-corrected chi connectivity index (χ1v) is 9.37.